The van der Waals surface area contributed by atoms with E-state index in [1.807, 2.05) is 0 Å². The molecule has 4 aromatic rings. The molecule has 10 atom stereocenters. The monoisotopic (exact) mass is 1730 g/mol. The number of nitrogens with one attached hydrogen (secondary N) is 5. The van der Waals surface area contributed by atoms with Crippen molar-refractivity contribution >= 4 is 76.1 Å². The summed E-state index contributed by atoms with van der Waals surface area (Å²) in [6, 6.07) is 3.01. The van der Waals surface area contributed by atoms with Gasteiger partial charge in [0.15, 0.2) is 11.7 Å². The molecule has 2 saturated heterocycles. The van der Waals surface area contributed by atoms with Crippen LogP contribution in [0.4, 0.5) is 9.18 Å². The highest BCUT2D eigenvalue weighted by Crippen LogP contribution is 2.46. The lowest BCUT2D eigenvalue weighted by Crippen LogP contribution is -2.61. The summed E-state index contributed by atoms with van der Waals surface area (Å²) in [7, 11) is 1.62. The first kappa shape index (κ1) is 96.2. The Kier molecular flexibility index (Phi) is 39.0. The van der Waals surface area contributed by atoms with Crippen LogP contribution in [0.15, 0.2) is 35.1 Å². The van der Waals surface area contributed by atoms with Crippen molar-refractivity contribution in [3.05, 3.63) is 91.0 Å². The van der Waals surface area contributed by atoms with Crippen molar-refractivity contribution in [1.29, 1.82) is 0 Å². The van der Waals surface area contributed by atoms with Crippen LogP contribution < -0.4 is 42.6 Å². The fourth-order valence-electron chi connectivity index (χ4n) is 13.8. The number of aromatic nitrogens is 2. The van der Waals surface area contributed by atoms with Gasteiger partial charge < -0.3 is 138 Å². The van der Waals surface area contributed by atoms with Crippen molar-refractivity contribution in [2.75, 3.05) is 185 Å². The number of rotatable bonds is 56. The summed E-state index contributed by atoms with van der Waals surface area (Å²) in [6.07, 6.45) is -9.85. The Morgan fingerprint density at radius 1 is 0.711 bits per heavy atom. The van der Waals surface area contributed by atoms with Gasteiger partial charge in [-0.1, -0.05) is 13.0 Å². The fourth-order valence-corrected chi connectivity index (χ4v) is 14.5. The number of hydrogen-bond donors (Lipinski definition) is 11. The molecule has 121 heavy (non-hydrogen) atoms. The summed E-state index contributed by atoms with van der Waals surface area (Å²) in [6.45, 7) is 9.11. The Morgan fingerprint density at radius 2 is 1.28 bits per heavy atom. The van der Waals surface area contributed by atoms with E-state index in [1.165, 1.54) is 34.9 Å². The number of alkyl carbamates (subject to hydrolysis) is 1. The molecule has 42 heteroatoms. The molecule has 4 aliphatic heterocycles. The van der Waals surface area contributed by atoms with E-state index in [1.54, 1.807) is 27.2 Å². The Labute approximate surface area is 700 Å². The van der Waals surface area contributed by atoms with Crippen molar-refractivity contribution < 1.29 is 149 Å². The SMILES string of the molecule is CC[C@@]1(O)C(=O)OCc2c1cc1n(c2=O)Cc2c-1nc1cc(F)c(C)c3c1c2[C@@H](NC(=O)OCc1ccc(O[C@@H]2O[C@H](C(=O)O)[C@@H](O)[C@H](O)[C@H]2O)c(CNC(=O)CCNC(=O)[C@H](CNC(=O)CCOCCOCCOCCOCCOCCOCCOCCOCCOCCOCCOCCOC)NC(=O)[C@H](CN)N2C(=O)CC(SC)C2=O)c1)CC3. The van der Waals surface area contributed by atoms with E-state index >= 15 is 4.39 Å². The van der Waals surface area contributed by atoms with Crippen LogP contribution in [0.5, 0.6) is 5.75 Å². The number of hydrogen-bond acceptors (Lipinski definition) is 33. The highest BCUT2D eigenvalue weighted by Gasteiger charge is 2.50. The molecule has 0 radical (unpaired) electrons. The van der Waals surface area contributed by atoms with Crippen molar-refractivity contribution in [3.8, 4) is 17.1 Å². The third-order valence-corrected chi connectivity index (χ3v) is 21.3. The smallest absolute Gasteiger partial charge is 0.407 e. The summed E-state index contributed by atoms with van der Waals surface area (Å²) in [5.74, 6) is -7.86. The second-order valence-corrected chi connectivity index (χ2v) is 29.4. The number of imide groups is 1. The van der Waals surface area contributed by atoms with Gasteiger partial charge in [0.25, 0.3) is 5.56 Å². The summed E-state index contributed by atoms with van der Waals surface area (Å²) in [5, 5.41) is 66.2. The number of methoxy groups -OCH3 is 1. The molecule has 40 nitrogen and oxygen atoms in total. The molecule has 0 bridgehead atoms. The Bertz CT molecular complexity index is 4230. The number of benzene rings is 2. The maximum atomic E-state index is 15.7. The van der Waals surface area contributed by atoms with Gasteiger partial charge in [-0.3, -0.25) is 38.5 Å². The quantitative estimate of drug-likeness (QED) is 0.0120. The summed E-state index contributed by atoms with van der Waals surface area (Å²) < 4.78 is 105. The van der Waals surface area contributed by atoms with E-state index in [-0.39, 0.29) is 117 Å². The van der Waals surface area contributed by atoms with Gasteiger partial charge in [-0.2, -0.15) is 11.8 Å². The van der Waals surface area contributed by atoms with E-state index in [0.717, 1.165) is 16.7 Å². The average Bonchev–Trinajstić information content (AvgIpc) is 1.58. The molecule has 12 N–H and O–H groups in total. The van der Waals surface area contributed by atoms with Crippen LogP contribution in [-0.2, 0) is 148 Å². The van der Waals surface area contributed by atoms with Gasteiger partial charge in [-0.25, -0.2) is 23.8 Å². The number of nitrogens with two attached hydrogens (primary N) is 1. The van der Waals surface area contributed by atoms with Crippen LogP contribution in [-0.4, -0.2) is 326 Å². The van der Waals surface area contributed by atoms with E-state index in [9.17, 15) is 73.5 Å². The number of pyridine rings is 2. The lowest BCUT2D eigenvalue weighted by atomic mass is 9.81. The standard InChI is InChI=1S/C79H110FN9O31S/c1-5-79(104)52-37-57-66-50(43-88(57)73(98)51(52)45-117-77(79)102)65-54(8-7-49-46(2)53(80)38-55(85-66)64(49)65)87-78(103)118-44-47-6-9-59(119-76-69(95)67(93)68(94)70(120-76)75(100)101)48(36-47)41-83-61(90)10-12-82-71(96)56(86-72(97)58(40-81)89-63(92)39-60(121-4)74(89)99)42-84-62(91)11-13-106-16-17-108-20-21-110-24-25-112-28-29-114-32-33-116-35-34-115-31-30-113-27-26-111-23-22-109-19-18-107-15-14-105-3/h6,9,36-38,54,56,58,60,67-70,76,93-95,104H,5,7-8,10-35,39-45,81H2,1-4H3,(H,82,96)(H,83,90)(H,84,91)(H,86,97)(H,87,103)(H,100,101)/t54-,56-,58-,60?,67-,68-,69+,70-,76+,79-/m0/s1. The van der Waals surface area contributed by atoms with Gasteiger partial charge in [0, 0.05) is 80.7 Å². The maximum Gasteiger partial charge on any atom is 0.407 e. The summed E-state index contributed by atoms with van der Waals surface area (Å²) >= 11 is 1.11. The number of aliphatic hydroxyl groups is 4. The second kappa shape index (κ2) is 49.0. The molecule has 1 unspecified atom stereocenters. The molecule has 7 amide bonds. The molecule has 670 valence electrons. The van der Waals surface area contributed by atoms with Gasteiger partial charge in [0.05, 0.1) is 192 Å². The van der Waals surface area contributed by atoms with Crippen LogP contribution in [0.2, 0.25) is 0 Å². The molecule has 9 rings (SSSR count). The largest absolute Gasteiger partial charge is 0.479 e. The predicted octanol–water partition coefficient (Wildman–Crippen LogP) is -1.53. The lowest BCUT2D eigenvalue weighted by Gasteiger charge is -2.38. The highest BCUT2D eigenvalue weighted by atomic mass is 32.2. The van der Waals surface area contributed by atoms with Crippen molar-refractivity contribution in [1.82, 2.24) is 41.0 Å². The van der Waals surface area contributed by atoms with E-state index in [0.29, 0.717) is 153 Å². The zero-order chi connectivity index (χ0) is 87.0. The van der Waals surface area contributed by atoms with Gasteiger partial charge in [0.1, 0.15) is 55.2 Å². The van der Waals surface area contributed by atoms with Crippen LogP contribution in [0, 0.1) is 12.7 Å². The molecule has 2 fully saturated rings. The average molecular weight is 1730 g/mol. The molecular formula is C79H110FN9O31S. The number of thioether (sulfide) groups is 1. The van der Waals surface area contributed by atoms with E-state index in [4.69, 9.17) is 86.5 Å². The number of fused-ring (bicyclic) bond motifs is 5. The number of halogens is 1. The third-order valence-electron chi connectivity index (χ3n) is 20.4. The number of likely N-dealkylation sites (tertiary alicyclic amines) is 1. The van der Waals surface area contributed by atoms with Gasteiger partial charge in [0.2, 0.25) is 41.7 Å². The summed E-state index contributed by atoms with van der Waals surface area (Å²) in [4.78, 5) is 140. The Hall–Kier alpha value is -8.61. The van der Waals surface area contributed by atoms with Crippen LogP contribution in [0.3, 0.4) is 0 Å². The second-order valence-electron chi connectivity index (χ2n) is 28.4. The third kappa shape index (κ3) is 26.7. The van der Waals surface area contributed by atoms with Crippen molar-refractivity contribution in [2.24, 2.45) is 5.73 Å². The van der Waals surface area contributed by atoms with Crippen molar-refractivity contribution in [3.63, 3.8) is 0 Å². The van der Waals surface area contributed by atoms with E-state index in [2.05, 4.69) is 26.6 Å². The number of ether oxygens (including phenoxy) is 16. The van der Waals surface area contributed by atoms with Gasteiger partial charge in [-0.15, -0.1) is 0 Å². The number of cyclic esters (lactones) is 1. The normalized spacial score (nSPS) is 20.2. The molecule has 0 spiro atoms. The number of carbonyl (C=O) groups excluding carboxylic acids is 8. The number of aryl methyl sites for hydroxylation is 1. The van der Waals surface area contributed by atoms with Crippen molar-refractivity contribution in [2.45, 2.75) is 138 Å². The first-order valence-corrected chi connectivity index (χ1v) is 41.2. The number of esters is 1. The zero-order valence-corrected chi connectivity index (χ0v) is 68.9. The van der Waals surface area contributed by atoms with Gasteiger partial charge in [-0.05, 0) is 72.9 Å². The number of carboxylic acids is 1. The van der Waals surface area contributed by atoms with Crippen LogP contribution in [0.25, 0.3) is 22.3 Å². The molecule has 6 heterocycles. The number of aliphatic carboxylic acids is 1. The molecule has 2 aromatic heterocycles. The minimum Gasteiger partial charge on any atom is -0.479 e. The van der Waals surface area contributed by atoms with Crippen LogP contribution >= 0.6 is 11.8 Å². The number of aliphatic hydroxyl groups excluding tert-OH is 3. The number of carboxylic acid groups (broad SMARTS) is 1. The minimum absolute atomic E-state index is 0.0419. The molecule has 0 saturated carbocycles. The topological polar surface area (TPSA) is 527 Å². The predicted molar refractivity (Wildman–Crippen MR) is 422 cm³/mol. The Balaban J connectivity index is 0.709. The molecule has 2 aromatic carbocycles. The number of nitrogens with zero attached hydrogens (tertiary/aromatic N) is 3. The van der Waals surface area contributed by atoms with E-state index < -0.39 is 164 Å². The first-order chi connectivity index (χ1) is 58.4. The minimum atomic E-state index is -2.13. The maximum absolute atomic E-state index is 15.7. The van der Waals surface area contributed by atoms with Gasteiger partial charge >= 0.3 is 18.0 Å². The molecule has 5 aliphatic rings. The number of carbonyl (C=O) groups is 9. The highest BCUT2D eigenvalue weighted by molar-refractivity contribution is 8.00. The first-order valence-electron chi connectivity index (χ1n) is 39.9. The summed E-state index contributed by atoms with van der Waals surface area (Å²) in [5.41, 5.74) is 6.63. The Morgan fingerprint density at radius 3 is 1.83 bits per heavy atom. The number of amides is 7. The molecular weight excluding hydrogens is 1620 g/mol. The lowest BCUT2D eigenvalue weighted by molar-refractivity contribution is -0.271. The fraction of sp³-hybridized carbons (Fsp3) is 0.633. The van der Waals surface area contributed by atoms with Crippen LogP contribution in [0.1, 0.15) is 89.6 Å². The molecule has 1 aliphatic carbocycles. The zero-order valence-electron chi connectivity index (χ0n) is 68.1.